The highest BCUT2D eigenvalue weighted by molar-refractivity contribution is 7.80. The first-order valence-electron chi connectivity index (χ1n) is 7.85. The number of anilines is 2. The van der Waals surface area contributed by atoms with Crippen molar-refractivity contribution in [2.24, 2.45) is 0 Å². The van der Waals surface area contributed by atoms with Crippen LogP contribution in [0.4, 0.5) is 11.4 Å². The van der Waals surface area contributed by atoms with Gasteiger partial charge >= 0.3 is 0 Å². The third kappa shape index (κ3) is 4.12. The molecule has 0 bridgehead atoms. The molecular formula is C18H19Cl2N3S. The SMILES string of the molecule is Cc1cc(Cl)ccc1NC(=S)N1CCN(c2cccc(Cl)c2)CC1. The lowest BCUT2D eigenvalue weighted by Gasteiger charge is -2.37. The van der Waals surface area contributed by atoms with Gasteiger partial charge in [-0.25, -0.2) is 0 Å². The van der Waals surface area contributed by atoms with Crippen LogP contribution in [0.1, 0.15) is 5.56 Å². The van der Waals surface area contributed by atoms with Crippen LogP contribution in [0.2, 0.25) is 10.0 Å². The van der Waals surface area contributed by atoms with Crippen LogP contribution < -0.4 is 10.2 Å². The van der Waals surface area contributed by atoms with Crippen molar-refractivity contribution in [3.8, 4) is 0 Å². The number of rotatable bonds is 2. The van der Waals surface area contributed by atoms with Crippen LogP contribution in [0.25, 0.3) is 0 Å². The number of hydrogen-bond donors (Lipinski definition) is 1. The number of aryl methyl sites for hydroxylation is 1. The molecule has 24 heavy (non-hydrogen) atoms. The van der Waals surface area contributed by atoms with Crippen LogP contribution in [0.15, 0.2) is 42.5 Å². The summed E-state index contributed by atoms with van der Waals surface area (Å²) < 4.78 is 0. The van der Waals surface area contributed by atoms with Gasteiger partial charge in [0.2, 0.25) is 0 Å². The largest absolute Gasteiger partial charge is 0.368 e. The van der Waals surface area contributed by atoms with Crippen molar-refractivity contribution in [3.05, 3.63) is 58.1 Å². The minimum absolute atomic E-state index is 0.735. The molecule has 0 amide bonds. The molecule has 0 atom stereocenters. The Morgan fingerprint density at radius 2 is 1.71 bits per heavy atom. The average molecular weight is 380 g/mol. The molecule has 0 aliphatic carbocycles. The molecule has 2 aromatic rings. The third-order valence-electron chi connectivity index (χ3n) is 4.17. The van der Waals surface area contributed by atoms with E-state index in [1.807, 2.05) is 43.3 Å². The van der Waals surface area contributed by atoms with E-state index < -0.39 is 0 Å². The fourth-order valence-electron chi connectivity index (χ4n) is 2.80. The van der Waals surface area contributed by atoms with Crippen LogP contribution in [0, 0.1) is 6.92 Å². The van der Waals surface area contributed by atoms with Gasteiger partial charge in [-0.1, -0.05) is 29.3 Å². The second kappa shape index (κ2) is 7.60. The summed E-state index contributed by atoms with van der Waals surface area (Å²) in [6, 6.07) is 13.8. The zero-order valence-corrected chi connectivity index (χ0v) is 15.8. The molecule has 0 spiro atoms. The molecule has 1 saturated heterocycles. The highest BCUT2D eigenvalue weighted by atomic mass is 35.5. The van der Waals surface area contributed by atoms with E-state index in [4.69, 9.17) is 35.4 Å². The Morgan fingerprint density at radius 3 is 2.38 bits per heavy atom. The normalized spacial score (nSPS) is 14.6. The number of nitrogens with one attached hydrogen (secondary N) is 1. The van der Waals surface area contributed by atoms with E-state index in [9.17, 15) is 0 Å². The van der Waals surface area contributed by atoms with Gasteiger partial charge in [-0.2, -0.15) is 0 Å². The van der Waals surface area contributed by atoms with Crippen molar-refractivity contribution in [2.75, 3.05) is 36.4 Å². The van der Waals surface area contributed by atoms with Gasteiger partial charge in [-0.3, -0.25) is 0 Å². The van der Waals surface area contributed by atoms with E-state index in [0.717, 1.165) is 58.3 Å². The third-order valence-corrected chi connectivity index (χ3v) is 5.00. The molecule has 2 aromatic carbocycles. The summed E-state index contributed by atoms with van der Waals surface area (Å²) in [5.74, 6) is 0. The van der Waals surface area contributed by atoms with Crippen LogP contribution >= 0.6 is 35.4 Å². The molecule has 0 saturated carbocycles. The first-order chi connectivity index (χ1) is 11.5. The predicted molar refractivity (Wildman–Crippen MR) is 108 cm³/mol. The number of thiocarbonyl (C=S) groups is 1. The maximum atomic E-state index is 6.08. The Kier molecular flexibility index (Phi) is 5.49. The van der Waals surface area contributed by atoms with Gasteiger partial charge in [0.15, 0.2) is 5.11 Å². The molecule has 1 aliphatic rings. The zero-order valence-electron chi connectivity index (χ0n) is 13.4. The number of nitrogens with zero attached hydrogens (tertiary/aromatic N) is 2. The molecule has 3 nitrogen and oxygen atoms in total. The Hall–Kier alpha value is -1.49. The van der Waals surface area contributed by atoms with E-state index in [2.05, 4.69) is 21.2 Å². The molecule has 1 fully saturated rings. The van der Waals surface area contributed by atoms with Crippen molar-refractivity contribution in [2.45, 2.75) is 6.92 Å². The number of benzene rings is 2. The molecule has 1 aliphatic heterocycles. The molecular weight excluding hydrogens is 361 g/mol. The van der Waals surface area contributed by atoms with Gasteiger partial charge in [0.25, 0.3) is 0 Å². The Bertz CT molecular complexity index is 743. The van der Waals surface area contributed by atoms with E-state index in [0.29, 0.717) is 0 Å². The molecule has 6 heteroatoms. The summed E-state index contributed by atoms with van der Waals surface area (Å²) in [6.07, 6.45) is 0. The predicted octanol–water partition coefficient (Wildman–Crippen LogP) is 4.82. The quantitative estimate of drug-likeness (QED) is 0.753. The zero-order chi connectivity index (χ0) is 17.1. The highest BCUT2D eigenvalue weighted by Gasteiger charge is 2.19. The Morgan fingerprint density at radius 1 is 1.00 bits per heavy atom. The summed E-state index contributed by atoms with van der Waals surface area (Å²) in [6.45, 7) is 5.62. The van der Waals surface area contributed by atoms with Crippen molar-refractivity contribution in [1.29, 1.82) is 0 Å². The average Bonchev–Trinajstić information content (AvgIpc) is 2.57. The molecule has 0 aromatic heterocycles. The summed E-state index contributed by atoms with van der Waals surface area (Å²) >= 11 is 17.7. The summed E-state index contributed by atoms with van der Waals surface area (Å²) in [7, 11) is 0. The van der Waals surface area contributed by atoms with E-state index >= 15 is 0 Å². The smallest absolute Gasteiger partial charge is 0.173 e. The monoisotopic (exact) mass is 379 g/mol. The second-order valence-electron chi connectivity index (χ2n) is 5.84. The first-order valence-corrected chi connectivity index (χ1v) is 9.02. The minimum atomic E-state index is 0.735. The van der Waals surface area contributed by atoms with E-state index in [-0.39, 0.29) is 0 Å². The Labute approximate surface area is 158 Å². The lowest BCUT2D eigenvalue weighted by Crippen LogP contribution is -2.50. The van der Waals surface area contributed by atoms with Gasteiger partial charge in [0.1, 0.15) is 0 Å². The molecule has 126 valence electrons. The van der Waals surface area contributed by atoms with Gasteiger partial charge in [0, 0.05) is 47.6 Å². The molecule has 0 radical (unpaired) electrons. The second-order valence-corrected chi connectivity index (χ2v) is 7.10. The highest BCUT2D eigenvalue weighted by Crippen LogP contribution is 2.22. The molecule has 1 heterocycles. The number of halogens is 2. The molecule has 0 unspecified atom stereocenters. The van der Waals surface area contributed by atoms with Crippen molar-refractivity contribution >= 4 is 51.9 Å². The fourth-order valence-corrected chi connectivity index (χ4v) is 3.51. The maximum Gasteiger partial charge on any atom is 0.173 e. The minimum Gasteiger partial charge on any atom is -0.368 e. The topological polar surface area (TPSA) is 18.5 Å². The Balaban J connectivity index is 1.59. The van der Waals surface area contributed by atoms with Crippen LogP contribution in [-0.2, 0) is 0 Å². The number of piperazine rings is 1. The van der Waals surface area contributed by atoms with Gasteiger partial charge in [-0.15, -0.1) is 0 Å². The van der Waals surface area contributed by atoms with Crippen LogP contribution in [0.5, 0.6) is 0 Å². The summed E-state index contributed by atoms with van der Waals surface area (Å²) in [5.41, 5.74) is 3.25. The summed E-state index contributed by atoms with van der Waals surface area (Å²) in [5, 5.41) is 5.59. The first kappa shape index (κ1) is 17.3. The summed E-state index contributed by atoms with van der Waals surface area (Å²) in [4.78, 5) is 4.53. The van der Waals surface area contributed by atoms with Gasteiger partial charge in [0.05, 0.1) is 0 Å². The van der Waals surface area contributed by atoms with E-state index in [1.54, 1.807) is 0 Å². The van der Waals surface area contributed by atoms with Crippen molar-refractivity contribution in [1.82, 2.24) is 4.90 Å². The van der Waals surface area contributed by atoms with E-state index in [1.165, 1.54) is 0 Å². The lowest BCUT2D eigenvalue weighted by molar-refractivity contribution is 0.391. The lowest BCUT2D eigenvalue weighted by atomic mass is 10.2. The fraction of sp³-hybridized carbons (Fsp3) is 0.278. The van der Waals surface area contributed by atoms with Crippen LogP contribution in [-0.4, -0.2) is 36.2 Å². The van der Waals surface area contributed by atoms with Crippen LogP contribution in [0.3, 0.4) is 0 Å². The van der Waals surface area contributed by atoms with Crippen molar-refractivity contribution in [3.63, 3.8) is 0 Å². The van der Waals surface area contributed by atoms with Gasteiger partial charge < -0.3 is 15.1 Å². The molecule has 1 N–H and O–H groups in total. The van der Waals surface area contributed by atoms with Crippen molar-refractivity contribution < 1.29 is 0 Å². The maximum absolute atomic E-state index is 6.08. The van der Waals surface area contributed by atoms with Gasteiger partial charge in [-0.05, 0) is 61.1 Å². The molecule has 3 rings (SSSR count). The number of hydrogen-bond acceptors (Lipinski definition) is 2. The standard InChI is InChI=1S/C18H19Cl2N3S/c1-13-11-15(20)5-6-17(13)21-18(24)23-9-7-22(8-10-23)16-4-2-3-14(19)12-16/h2-6,11-12H,7-10H2,1H3,(H,21,24).